The Morgan fingerprint density at radius 2 is 1.55 bits per heavy atom. The molecule has 0 saturated heterocycles. The normalized spacial score (nSPS) is 10.5. The second kappa shape index (κ2) is 4.52. The van der Waals surface area contributed by atoms with Crippen molar-refractivity contribution in [3.8, 4) is 0 Å². The van der Waals surface area contributed by atoms with Crippen molar-refractivity contribution in [1.29, 1.82) is 0 Å². The van der Waals surface area contributed by atoms with E-state index in [1.165, 1.54) is 0 Å². The third kappa shape index (κ3) is 3.62. The van der Waals surface area contributed by atoms with Crippen molar-refractivity contribution in [2.75, 3.05) is 0 Å². The highest BCUT2D eigenvalue weighted by molar-refractivity contribution is 7.26. The van der Waals surface area contributed by atoms with E-state index in [4.69, 9.17) is 23.2 Å². The van der Waals surface area contributed by atoms with Gasteiger partial charge in [0.15, 0.2) is 4.07 Å². The molecule has 0 nitrogen and oxygen atoms in total. The van der Waals surface area contributed by atoms with Gasteiger partial charge in [0.2, 0.25) is 0 Å². The molecule has 1 aromatic rings. The zero-order valence-electron chi connectivity index (χ0n) is 5.63. The van der Waals surface area contributed by atoms with Crippen molar-refractivity contribution >= 4 is 44.8 Å². The zero-order valence-corrected chi connectivity index (χ0v) is 9.11. The maximum atomic E-state index is 5.79. The van der Waals surface area contributed by atoms with Gasteiger partial charge in [-0.15, -0.1) is 12.4 Å². The van der Waals surface area contributed by atoms with Crippen LogP contribution in [-0.4, -0.2) is 0 Å². The predicted octanol–water partition coefficient (Wildman–Crippen LogP) is 3.57. The molecule has 0 N–H and O–H groups in total. The van der Waals surface area contributed by atoms with Crippen LogP contribution in [0.5, 0.6) is 0 Å². The highest BCUT2D eigenvalue weighted by atomic mass is 35.5. The molecule has 0 aliphatic carbocycles. The van der Waals surface area contributed by atoms with Crippen LogP contribution in [-0.2, 0) is 4.07 Å². The van der Waals surface area contributed by atoms with Gasteiger partial charge in [0, 0.05) is 0 Å². The van der Waals surface area contributed by atoms with E-state index in [0.29, 0.717) is 0 Å². The molecule has 0 amide bonds. The molecule has 0 radical (unpaired) electrons. The summed E-state index contributed by atoms with van der Waals surface area (Å²) in [6.45, 7) is 0. The molecule has 0 bridgehead atoms. The molecule has 1 rings (SSSR count). The summed E-state index contributed by atoms with van der Waals surface area (Å²) in [5.41, 5.74) is 0.892. The van der Waals surface area contributed by atoms with E-state index in [0.717, 1.165) is 5.56 Å². The third-order valence-corrected chi connectivity index (χ3v) is 1.93. The topological polar surface area (TPSA) is 0 Å². The molecule has 0 aliphatic heterocycles. The quantitative estimate of drug-likeness (QED) is 0.510. The van der Waals surface area contributed by atoms with Gasteiger partial charge < -0.3 is 0 Å². The number of hydrogen-bond acceptors (Lipinski definition) is 0. The molecule has 1 aromatic carbocycles. The van der Waals surface area contributed by atoms with Crippen molar-refractivity contribution in [3.05, 3.63) is 35.9 Å². The number of alkyl halides is 2. The fourth-order valence-corrected chi connectivity index (χ4v) is 1.10. The van der Waals surface area contributed by atoms with Gasteiger partial charge in [-0.25, -0.2) is 0 Å². The van der Waals surface area contributed by atoms with Gasteiger partial charge in [0.05, 0.1) is 0 Å². The highest BCUT2D eigenvalue weighted by Gasteiger charge is 2.18. The maximum Gasteiger partial charge on any atom is 0.155 e. The van der Waals surface area contributed by atoms with Crippen LogP contribution in [0, 0.1) is 0 Å². The minimum Gasteiger partial charge on any atom is -0.147 e. The average molecular weight is 229 g/mol. The Hall–Kier alpha value is 0.520. The lowest BCUT2D eigenvalue weighted by molar-refractivity contribution is 1.26. The number of benzene rings is 1. The Bertz CT molecular complexity index is 205. The number of hydrogen-bond donors (Lipinski definition) is 0. The Morgan fingerprint density at radius 1 is 1.09 bits per heavy atom. The van der Waals surface area contributed by atoms with Gasteiger partial charge in [-0.1, -0.05) is 62.8 Å². The summed E-state index contributed by atoms with van der Waals surface area (Å²) in [5.74, 6) is 0. The molecule has 0 aromatic heterocycles. The second-order valence-corrected chi connectivity index (χ2v) is 4.97. The van der Waals surface area contributed by atoms with Crippen molar-refractivity contribution in [2.24, 2.45) is 0 Å². The Kier molecular flexibility index (Phi) is 4.74. The molecule has 4 heteroatoms. The van der Waals surface area contributed by atoms with Crippen LogP contribution >= 0.6 is 44.8 Å². The predicted molar refractivity (Wildman–Crippen MR) is 56.8 cm³/mol. The SMILES string of the molecule is Cl.PC(Cl)(Cl)c1ccccc1. The summed E-state index contributed by atoms with van der Waals surface area (Å²) < 4.78 is -0.846. The van der Waals surface area contributed by atoms with Gasteiger partial charge in [-0.2, -0.15) is 0 Å². The Labute approximate surface area is 84.9 Å². The first-order chi connectivity index (χ1) is 4.61. The first kappa shape index (κ1) is 11.5. The summed E-state index contributed by atoms with van der Waals surface area (Å²) in [5, 5.41) is 0. The van der Waals surface area contributed by atoms with Gasteiger partial charge >= 0.3 is 0 Å². The Morgan fingerprint density at radius 3 is 1.82 bits per heavy atom. The van der Waals surface area contributed by atoms with E-state index >= 15 is 0 Å². The molecular formula is C7H8Cl3P. The molecule has 0 heterocycles. The standard InChI is InChI=1S/C7H7Cl2P.ClH/c8-7(9,10)6-4-2-1-3-5-6;/h1-5H,10H2;1H. The van der Waals surface area contributed by atoms with Crippen molar-refractivity contribution in [3.63, 3.8) is 0 Å². The van der Waals surface area contributed by atoms with Gasteiger partial charge in [0.1, 0.15) is 0 Å². The first-order valence-electron chi connectivity index (χ1n) is 2.83. The van der Waals surface area contributed by atoms with Crippen LogP contribution in [0.25, 0.3) is 0 Å². The van der Waals surface area contributed by atoms with Crippen LogP contribution in [0.2, 0.25) is 0 Å². The van der Waals surface area contributed by atoms with Crippen LogP contribution in [0.3, 0.4) is 0 Å². The monoisotopic (exact) mass is 228 g/mol. The van der Waals surface area contributed by atoms with E-state index in [-0.39, 0.29) is 12.4 Å². The first-order valence-corrected chi connectivity index (χ1v) is 4.16. The molecule has 1 unspecified atom stereocenters. The van der Waals surface area contributed by atoms with E-state index in [1.807, 2.05) is 30.3 Å². The number of halogens is 3. The summed E-state index contributed by atoms with van der Waals surface area (Å²) in [6.07, 6.45) is 0. The van der Waals surface area contributed by atoms with Crippen LogP contribution in [0.4, 0.5) is 0 Å². The summed E-state index contributed by atoms with van der Waals surface area (Å²) in [7, 11) is 2.36. The molecule has 11 heavy (non-hydrogen) atoms. The fourth-order valence-electron chi connectivity index (χ4n) is 0.660. The molecule has 1 atom stereocenters. The zero-order chi connectivity index (χ0) is 7.61. The molecule has 0 saturated carbocycles. The largest absolute Gasteiger partial charge is 0.155 e. The molecule has 0 spiro atoms. The maximum absolute atomic E-state index is 5.79. The fraction of sp³-hybridized carbons (Fsp3) is 0.143. The van der Waals surface area contributed by atoms with E-state index < -0.39 is 4.07 Å². The van der Waals surface area contributed by atoms with Crippen LogP contribution in [0.15, 0.2) is 30.3 Å². The molecule has 0 fully saturated rings. The minimum atomic E-state index is -0.846. The number of rotatable bonds is 1. The van der Waals surface area contributed by atoms with E-state index in [1.54, 1.807) is 0 Å². The summed E-state index contributed by atoms with van der Waals surface area (Å²) in [6, 6.07) is 9.49. The van der Waals surface area contributed by atoms with Gasteiger partial charge in [0.25, 0.3) is 0 Å². The van der Waals surface area contributed by atoms with Crippen LogP contribution in [0.1, 0.15) is 5.56 Å². The average Bonchev–Trinajstić information content (AvgIpc) is 1.88. The molecule has 62 valence electrons. The van der Waals surface area contributed by atoms with Crippen LogP contribution < -0.4 is 0 Å². The molecule has 0 aliphatic rings. The molecular weight excluding hydrogens is 221 g/mol. The van der Waals surface area contributed by atoms with E-state index in [9.17, 15) is 0 Å². The van der Waals surface area contributed by atoms with Crippen molar-refractivity contribution in [1.82, 2.24) is 0 Å². The minimum absolute atomic E-state index is 0. The van der Waals surface area contributed by atoms with E-state index in [2.05, 4.69) is 9.24 Å². The van der Waals surface area contributed by atoms with Gasteiger partial charge in [-0.05, 0) is 5.56 Å². The lowest BCUT2D eigenvalue weighted by atomic mass is 10.2. The smallest absolute Gasteiger partial charge is 0.147 e. The summed E-state index contributed by atoms with van der Waals surface area (Å²) >= 11 is 11.6. The lowest BCUT2D eigenvalue weighted by Gasteiger charge is -2.11. The lowest BCUT2D eigenvalue weighted by Crippen LogP contribution is -1.97. The highest BCUT2D eigenvalue weighted by Crippen LogP contribution is 2.39. The Balaban J connectivity index is 0.000001000. The third-order valence-electron chi connectivity index (χ3n) is 1.16. The van der Waals surface area contributed by atoms with Crippen molar-refractivity contribution < 1.29 is 0 Å². The summed E-state index contributed by atoms with van der Waals surface area (Å²) in [4.78, 5) is 0. The van der Waals surface area contributed by atoms with Crippen molar-refractivity contribution in [2.45, 2.75) is 4.07 Å². The second-order valence-electron chi connectivity index (χ2n) is 1.99. The van der Waals surface area contributed by atoms with Gasteiger partial charge in [-0.3, -0.25) is 0 Å².